The maximum Gasteiger partial charge on any atom is 0.336 e. The van der Waals surface area contributed by atoms with Crippen LogP contribution in [0.3, 0.4) is 0 Å². The lowest BCUT2D eigenvalue weighted by Crippen LogP contribution is -2.25. The highest BCUT2D eigenvalue weighted by atomic mass is 31.2. The lowest BCUT2D eigenvalue weighted by Gasteiger charge is -2.30. The molecule has 1 N–H and O–H groups in total. The molecule has 0 aromatic heterocycles. The van der Waals surface area contributed by atoms with Gasteiger partial charge in [0, 0.05) is 26.4 Å². The lowest BCUT2D eigenvalue weighted by molar-refractivity contribution is 0.252. The van der Waals surface area contributed by atoms with Crippen molar-refractivity contribution in [1.29, 1.82) is 0 Å². The third-order valence-electron chi connectivity index (χ3n) is 3.06. The number of anilines is 1. The molecule has 0 radical (unpaired) electrons. The number of hydrogen-bond acceptors (Lipinski definition) is 5. The summed E-state index contributed by atoms with van der Waals surface area (Å²) in [6, 6.07) is 9.66. The molecule has 1 aromatic carbocycles. The highest BCUT2D eigenvalue weighted by molar-refractivity contribution is 7.55. The van der Waals surface area contributed by atoms with Crippen LogP contribution in [0.25, 0.3) is 0 Å². The summed E-state index contributed by atoms with van der Waals surface area (Å²) in [6.45, 7) is 5.58. The van der Waals surface area contributed by atoms with Gasteiger partial charge in [0.1, 0.15) is 0 Å². The second-order valence-electron chi connectivity index (χ2n) is 5.18. The molecule has 20 heavy (non-hydrogen) atoms. The molecule has 1 aromatic rings. The van der Waals surface area contributed by atoms with Gasteiger partial charge in [-0.15, -0.1) is 0 Å². The van der Waals surface area contributed by atoms with Crippen LogP contribution in [-0.2, 0) is 13.6 Å². The number of nitrogens with zero attached hydrogens (tertiary/aromatic N) is 1. The molecule has 0 saturated heterocycles. The third-order valence-corrected chi connectivity index (χ3v) is 5.66. The molecule has 0 aliphatic heterocycles. The second-order valence-corrected chi connectivity index (χ2v) is 8.11. The van der Waals surface area contributed by atoms with Crippen LogP contribution in [0.5, 0.6) is 0 Å². The molecule has 0 bridgehead atoms. The van der Waals surface area contributed by atoms with Crippen molar-refractivity contribution in [3.8, 4) is 0 Å². The fourth-order valence-corrected chi connectivity index (χ4v) is 3.56. The molecule has 112 valence electrons. The van der Waals surface area contributed by atoms with E-state index in [0.29, 0.717) is 6.42 Å². The van der Waals surface area contributed by atoms with Crippen molar-refractivity contribution >= 4 is 19.0 Å². The molecule has 5 nitrogen and oxygen atoms in total. The van der Waals surface area contributed by atoms with E-state index in [1.54, 1.807) is 0 Å². The van der Waals surface area contributed by atoms with E-state index in [1.165, 1.54) is 14.2 Å². The highest BCUT2D eigenvalue weighted by Crippen LogP contribution is 2.60. The van der Waals surface area contributed by atoms with E-state index in [-0.39, 0.29) is 0 Å². The number of benzene rings is 1. The van der Waals surface area contributed by atoms with Gasteiger partial charge in [-0.2, -0.15) is 5.10 Å². The first-order valence-corrected chi connectivity index (χ1v) is 7.95. The predicted octanol–water partition coefficient (Wildman–Crippen LogP) is 4.13. The molecule has 0 spiro atoms. The molecule has 0 fully saturated rings. The quantitative estimate of drug-likeness (QED) is 0.467. The van der Waals surface area contributed by atoms with Gasteiger partial charge in [0.25, 0.3) is 0 Å². The van der Waals surface area contributed by atoms with Crippen LogP contribution in [0.15, 0.2) is 35.4 Å². The summed E-state index contributed by atoms with van der Waals surface area (Å²) in [7, 11) is -0.335. The summed E-state index contributed by atoms with van der Waals surface area (Å²) in [5, 5.41) is 3.66. The summed E-state index contributed by atoms with van der Waals surface area (Å²) in [6.07, 6.45) is 0.506. The van der Waals surface area contributed by atoms with Gasteiger partial charge in [0.05, 0.1) is 10.8 Å². The Morgan fingerprint density at radius 1 is 1.25 bits per heavy atom. The maximum atomic E-state index is 12.5. The van der Waals surface area contributed by atoms with E-state index in [4.69, 9.17) is 9.05 Å². The van der Waals surface area contributed by atoms with Crippen LogP contribution < -0.4 is 5.43 Å². The Balaban J connectivity index is 2.74. The largest absolute Gasteiger partial charge is 0.336 e. The van der Waals surface area contributed by atoms with E-state index in [1.807, 2.05) is 51.1 Å². The Bertz CT molecular complexity index is 492. The van der Waals surface area contributed by atoms with Crippen molar-refractivity contribution in [1.82, 2.24) is 0 Å². The highest BCUT2D eigenvalue weighted by Gasteiger charge is 2.42. The standard InChI is InChI=1S/C14H23N2O3P/c1-12(15-16-13-9-7-6-8-10-13)11-14(2,3)20(17,18-4)19-5/h6-10,16H,11H2,1-5H3. The average molecular weight is 298 g/mol. The Morgan fingerprint density at radius 3 is 2.30 bits per heavy atom. The lowest BCUT2D eigenvalue weighted by atomic mass is 10.1. The summed E-state index contributed by atoms with van der Waals surface area (Å²) >= 11 is 0. The smallest absolute Gasteiger partial charge is 0.312 e. The van der Waals surface area contributed by atoms with Crippen LogP contribution in [0.4, 0.5) is 5.69 Å². The molecule has 0 aliphatic carbocycles. The Labute approximate surface area is 120 Å². The molecule has 0 saturated carbocycles. The van der Waals surface area contributed by atoms with Gasteiger partial charge in [-0.25, -0.2) is 0 Å². The molecule has 0 heterocycles. The molecular formula is C14H23N2O3P. The Morgan fingerprint density at radius 2 is 1.80 bits per heavy atom. The second kappa shape index (κ2) is 7.02. The molecule has 1 rings (SSSR count). The van der Waals surface area contributed by atoms with Crippen LogP contribution >= 0.6 is 7.60 Å². The molecule has 6 heteroatoms. The first kappa shape index (κ1) is 16.9. The van der Waals surface area contributed by atoms with Crippen LogP contribution in [-0.4, -0.2) is 25.1 Å². The normalized spacial score (nSPS) is 13.3. The number of hydrazone groups is 1. The SMILES string of the molecule is COP(=O)(OC)C(C)(C)CC(C)=NNc1ccccc1. The molecular weight excluding hydrogens is 275 g/mol. The summed E-state index contributed by atoms with van der Waals surface area (Å²) in [5.74, 6) is 0. The average Bonchev–Trinajstić information content (AvgIpc) is 2.44. The van der Waals surface area contributed by atoms with E-state index in [0.717, 1.165) is 11.4 Å². The fourth-order valence-electron chi connectivity index (χ4n) is 2.00. The van der Waals surface area contributed by atoms with E-state index in [9.17, 15) is 4.57 Å². The maximum absolute atomic E-state index is 12.5. The molecule has 0 atom stereocenters. The van der Waals surface area contributed by atoms with Gasteiger partial charge in [-0.1, -0.05) is 18.2 Å². The van der Waals surface area contributed by atoms with Gasteiger partial charge in [0.2, 0.25) is 0 Å². The zero-order valence-corrected chi connectivity index (χ0v) is 13.6. The van der Waals surface area contributed by atoms with Crippen molar-refractivity contribution in [3.63, 3.8) is 0 Å². The van der Waals surface area contributed by atoms with Gasteiger partial charge >= 0.3 is 7.60 Å². The summed E-state index contributed by atoms with van der Waals surface area (Å²) < 4.78 is 22.6. The zero-order chi connectivity index (χ0) is 15.2. The number of para-hydroxylation sites is 1. The minimum Gasteiger partial charge on any atom is -0.312 e. The predicted molar refractivity (Wildman–Crippen MR) is 83.5 cm³/mol. The van der Waals surface area contributed by atoms with E-state index < -0.39 is 12.8 Å². The Kier molecular flexibility index (Phi) is 5.93. The Hall–Kier alpha value is -1.16. The zero-order valence-electron chi connectivity index (χ0n) is 12.7. The van der Waals surface area contributed by atoms with Crippen molar-refractivity contribution in [2.45, 2.75) is 32.3 Å². The van der Waals surface area contributed by atoms with Crippen LogP contribution in [0.2, 0.25) is 0 Å². The van der Waals surface area contributed by atoms with Crippen molar-refractivity contribution in [3.05, 3.63) is 30.3 Å². The number of nitrogens with one attached hydrogen (secondary N) is 1. The number of rotatable bonds is 7. The van der Waals surface area contributed by atoms with Gasteiger partial charge in [0.15, 0.2) is 0 Å². The van der Waals surface area contributed by atoms with E-state index in [2.05, 4.69) is 10.5 Å². The van der Waals surface area contributed by atoms with Crippen LogP contribution in [0, 0.1) is 0 Å². The summed E-state index contributed by atoms with van der Waals surface area (Å²) in [4.78, 5) is 0. The monoisotopic (exact) mass is 298 g/mol. The first-order chi connectivity index (χ1) is 9.34. The van der Waals surface area contributed by atoms with Gasteiger partial charge < -0.3 is 9.05 Å². The topological polar surface area (TPSA) is 59.9 Å². The third kappa shape index (κ3) is 4.17. The first-order valence-electron chi connectivity index (χ1n) is 6.40. The van der Waals surface area contributed by atoms with Gasteiger partial charge in [-0.3, -0.25) is 9.99 Å². The van der Waals surface area contributed by atoms with Gasteiger partial charge in [-0.05, 0) is 32.9 Å². The fraction of sp³-hybridized carbons (Fsp3) is 0.500. The summed E-state index contributed by atoms with van der Waals surface area (Å²) in [5.41, 5.74) is 4.71. The minimum atomic E-state index is -3.14. The minimum absolute atomic E-state index is 0.506. The molecule has 0 unspecified atom stereocenters. The van der Waals surface area contributed by atoms with Crippen molar-refractivity contribution in [2.24, 2.45) is 5.10 Å². The van der Waals surface area contributed by atoms with Crippen molar-refractivity contribution < 1.29 is 13.6 Å². The number of hydrogen-bond donors (Lipinski definition) is 1. The molecule has 0 aliphatic rings. The molecule has 0 amide bonds. The van der Waals surface area contributed by atoms with Crippen molar-refractivity contribution in [2.75, 3.05) is 19.6 Å². The van der Waals surface area contributed by atoms with E-state index >= 15 is 0 Å². The van der Waals surface area contributed by atoms with Crippen LogP contribution in [0.1, 0.15) is 27.2 Å².